The number of piperidine rings is 1. The fourth-order valence-corrected chi connectivity index (χ4v) is 2.18. The summed E-state index contributed by atoms with van der Waals surface area (Å²) in [6.07, 6.45) is 2.02. The highest BCUT2D eigenvalue weighted by atomic mass is 16.6. The van der Waals surface area contributed by atoms with Crippen LogP contribution in [0.5, 0.6) is 11.5 Å². The molecule has 1 heterocycles. The Hall–Kier alpha value is -1.82. The van der Waals surface area contributed by atoms with E-state index in [4.69, 9.17) is 9.47 Å². The number of benzene rings is 1. The van der Waals surface area contributed by atoms with Crippen LogP contribution in [-0.4, -0.2) is 30.2 Å². The minimum Gasteiger partial charge on any atom is -0.491 e. The molecule has 0 spiro atoms. The van der Waals surface area contributed by atoms with Gasteiger partial charge in [0.15, 0.2) is 0 Å². The number of hydrogen-bond donors (Lipinski definition) is 1. The van der Waals surface area contributed by atoms with Gasteiger partial charge in [-0.15, -0.1) is 0 Å². The van der Waals surface area contributed by atoms with Crippen LogP contribution in [-0.2, 0) is 0 Å². The summed E-state index contributed by atoms with van der Waals surface area (Å²) in [5, 5.41) is 14.2. The lowest BCUT2D eigenvalue weighted by molar-refractivity contribution is -0.385. The highest BCUT2D eigenvalue weighted by Crippen LogP contribution is 2.29. The lowest BCUT2D eigenvalue weighted by Gasteiger charge is -2.24. The predicted octanol–water partition coefficient (Wildman–Crippen LogP) is 2.51. The van der Waals surface area contributed by atoms with Crippen molar-refractivity contribution in [2.45, 2.75) is 38.9 Å². The first kappa shape index (κ1) is 14.6. The van der Waals surface area contributed by atoms with Crippen LogP contribution in [0.3, 0.4) is 0 Å². The molecule has 20 heavy (non-hydrogen) atoms. The van der Waals surface area contributed by atoms with Crippen LogP contribution in [0.4, 0.5) is 5.69 Å². The minimum atomic E-state index is -0.431. The van der Waals surface area contributed by atoms with Crippen molar-refractivity contribution in [1.82, 2.24) is 5.32 Å². The van der Waals surface area contributed by atoms with Crippen molar-refractivity contribution in [1.29, 1.82) is 0 Å². The van der Waals surface area contributed by atoms with E-state index in [-0.39, 0.29) is 17.9 Å². The Labute approximate surface area is 118 Å². The van der Waals surface area contributed by atoms with E-state index in [0.717, 1.165) is 25.9 Å². The van der Waals surface area contributed by atoms with Gasteiger partial charge in [-0.3, -0.25) is 10.1 Å². The van der Waals surface area contributed by atoms with Crippen molar-refractivity contribution in [3.63, 3.8) is 0 Å². The summed E-state index contributed by atoms with van der Waals surface area (Å²) in [5.74, 6) is 0.955. The van der Waals surface area contributed by atoms with Gasteiger partial charge in [0.05, 0.1) is 23.2 Å². The van der Waals surface area contributed by atoms with E-state index in [1.165, 1.54) is 12.1 Å². The summed E-state index contributed by atoms with van der Waals surface area (Å²) < 4.78 is 11.4. The highest BCUT2D eigenvalue weighted by molar-refractivity contribution is 5.46. The van der Waals surface area contributed by atoms with Crippen LogP contribution >= 0.6 is 0 Å². The highest BCUT2D eigenvalue weighted by Gasteiger charge is 2.18. The SMILES string of the molecule is CC(C)Oc1cc(O[C@H]2CCCNC2)cc([N+](=O)[O-])c1. The third-order valence-electron chi connectivity index (χ3n) is 3.00. The van der Waals surface area contributed by atoms with E-state index in [0.29, 0.717) is 11.5 Å². The Morgan fingerprint density at radius 1 is 1.35 bits per heavy atom. The number of ether oxygens (including phenoxy) is 2. The second kappa shape index (κ2) is 6.56. The average molecular weight is 280 g/mol. The van der Waals surface area contributed by atoms with E-state index in [9.17, 15) is 10.1 Å². The molecule has 1 fully saturated rings. The maximum Gasteiger partial charge on any atom is 0.276 e. The van der Waals surface area contributed by atoms with Crippen molar-refractivity contribution in [2.75, 3.05) is 13.1 Å². The van der Waals surface area contributed by atoms with Crippen LogP contribution in [0, 0.1) is 10.1 Å². The summed E-state index contributed by atoms with van der Waals surface area (Å²) in [6.45, 7) is 5.52. The van der Waals surface area contributed by atoms with Gasteiger partial charge in [0.25, 0.3) is 5.69 Å². The second-order valence-corrected chi connectivity index (χ2v) is 5.17. The lowest BCUT2D eigenvalue weighted by Crippen LogP contribution is -2.37. The standard InChI is InChI=1S/C14H20N2O4/c1-10(2)19-13-6-11(16(17)18)7-14(8-13)20-12-4-3-5-15-9-12/h6-8,10,12,15H,3-5,9H2,1-2H3/t12-/m0/s1. The Morgan fingerprint density at radius 2 is 2.10 bits per heavy atom. The molecule has 6 heteroatoms. The molecule has 0 saturated carbocycles. The first-order chi connectivity index (χ1) is 9.54. The van der Waals surface area contributed by atoms with Crippen LogP contribution in [0.1, 0.15) is 26.7 Å². The van der Waals surface area contributed by atoms with E-state index < -0.39 is 4.92 Å². The maximum atomic E-state index is 11.0. The molecule has 1 atom stereocenters. The quantitative estimate of drug-likeness (QED) is 0.662. The summed E-state index contributed by atoms with van der Waals surface area (Å²) in [6, 6.07) is 4.58. The molecule has 1 N–H and O–H groups in total. The van der Waals surface area contributed by atoms with Crippen LogP contribution in [0.15, 0.2) is 18.2 Å². The molecule has 0 aliphatic carbocycles. The molecule has 0 radical (unpaired) electrons. The molecule has 0 unspecified atom stereocenters. The smallest absolute Gasteiger partial charge is 0.276 e. The normalized spacial score (nSPS) is 18.9. The largest absolute Gasteiger partial charge is 0.491 e. The van der Waals surface area contributed by atoms with Gasteiger partial charge in [-0.2, -0.15) is 0 Å². The third-order valence-corrected chi connectivity index (χ3v) is 3.00. The van der Waals surface area contributed by atoms with Gasteiger partial charge >= 0.3 is 0 Å². The second-order valence-electron chi connectivity index (χ2n) is 5.17. The molecule has 1 aromatic carbocycles. The molecule has 1 aliphatic rings. The van der Waals surface area contributed by atoms with Crippen molar-refractivity contribution in [2.24, 2.45) is 0 Å². The van der Waals surface area contributed by atoms with Crippen molar-refractivity contribution < 1.29 is 14.4 Å². The molecular formula is C14H20N2O4. The Morgan fingerprint density at radius 3 is 2.70 bits per heavy atom. The number of rotatable bonds is 5. The third kappa shape index (κ3) is 4.09. The number of non-ortho nitro benzene ring substituents is 1. The van der Waals surface area contributed by atoms with Crippen molar-refractivity contribution >= 4 is 5.69 Å². The maximum absolute atomic E-state index is 11.0. The molecular weight excluding hydrogens is 260 g/mol. The molecule has 6 nitrogen and oxygen atoms in total. The predicted molar refractivity (Wildman–Crippen MR) is 75.4 cm³/mol. The van der Waals surface area contributed by atoms with Crippen molar-refractivity contribution in [3.8, 4) is 11.5 Å². The molecule has 1 aliphatic heterocycles. The zero-order chi connectivity index (χ0) is 14.5. The van der Waals surface area contributed by atoms with E-state index in [1.54, 1.807) is 6.07 Å². The zero-order valence-electron chi connectivity index (χ0n) is 11.8. The van der Waals surface area contributed by atoms with E-state index >= 15 is 0 Å². The van der Waals surface area contributed by atoms with Crippen LogP contribution in [0.25, 0.3) is 0 Å². The zero-order valence-corrected chi connectivity index (χ0v) is 11.8. The Kier molecular flexibility index (Phi) is 4.79. The van der Waals surface area contributed by atoms with Gasteiger partial charge in [0.2, 0.25) is 0 Å². The van der Waals surface area contributed by atoms with Gasteiger partial charge in [-0.25, -0.2) is 0 Å². The fraction of sp³-hybridized carbons (Fsp3) is 0.571. The number of nitro groups is 1. The summed E-state index contributed by atoms with van der Waals surface area (Å²) in [5.41, 5.74) is -0.0121. The lowest BCUT2D eigenvalue weighted by atomic mass is 10.1. The first-order valence-electron chi connectivity index (χ1n) is 6.88. The van der Waals surface area contributed by atoms with E-state index in [1.807, 2.05) is 13.8 Å². The molecule has 1 saturated heterocycles. The minimum absolute atomic E-state index is 0.0121. The molecule has 110 valence electrons. The van der Waals surface area contributed by atoms with Gasteiger partial charge in [0.1, 0.15) is 17.6 Å². The first-order valence-corrected chi connectivity index (χ1v) is 6.88. The number of nitrogens with zero attached hydrogens (tertiary/aromatic N) is 1. The fourth-order valence-electron chi connectivity index (χ4n) is 2.18. The average Bonchev–Trinajstić information content (AvgIpc) is 2.38. The topological polar surface area (TPSA) is 73.6 Å². The molecule has 1 aromatic rings. The number of nitrogens with one attached hydrogen (secondary N) is 1. The van der Waals surface area contributed by atoms with Gasteiger partial charge in [-0.1, -0.05) is 0 Å². The number of hydrogen-bond acceptors (Lipinski definition) is 5. The van der Waals surface area contributed by atoms with Crippen molar-refractivity contribution in [3.05, 3.63) is 28.3 Å². The summed E-state index contributed by atoms with van der Waals surface area (Å²) >= 11 is 0. The van der Waals surface area contributed by atoms with Crippen LogP contribution < -0.4 is 14.8 Å². The van der Waals surface area contributed by atoms with Gasteiger partial charge < -0.3 is 14.8 Å². The Balaban J connectivity index is 2.17. The van der Waals surface area contributed by atoms with E-state index in [2.05, 4.69) is 5.32 Å². The molecule has 0 aromatic heterocycles. The summed E-state index contributed by atoms with van der Waals surface area (Å²) in [7, 11) is 0. The summed E-state index contributed by atoms with van der Waals surface area (Å²) in [4.78, 5) is 10.5. The molecule has 0 amide bonds. The monoisotopic (exact) mass is 280 g/mol. The molecule has 0 bridgehead atoms. The number of nitro benzene ring substituents is 1. The van der Waals surface area contributed by atoms with Crippen LogP contribution in [0.2, 0.25) is 0 Å². The van der Waals surface area contributed by atoms with Gasteiger partial charge in [-0.05, 0) is 33.2 Å². The Bertz CT molecular complexity index is 470. The molecule has 2 rings (SSSR count). The van der Waals surface area contributed by atoms with Gasteiger partial charge in [0, 0.05) is 12.6 Å².